The normalized spacial score (nSPS) is 29.8. The highest BCUT2D eigenvalue weighted by molar-refractivity contribution is 9.10. The van der Waals surface area contributed by atoms with E-state index in [2.05, 4.69) is 39.6 Å². The van der Waals surface area contributed by atoms with E-state index in [4.69, 9.17) is 5.73 Å². The van der Waals surface area contributed by atoms with Crippen molar-refractivity contribution in [2.45, 2.75) is 38.8 Å². The zero-order valence-electron chi connectivity index (χ0n) is 9.63. The van der Waals surface area contributed by atoms with Crippen molar-refractivity contribution in [3.63, 3.8) is 0 Å². The van der Waals surface area contributed by atoms with E-state index in [1.165, 1.54) is 28.6 Å². The third kappa shape index (κ3) is 2.86. The summed E-state index contributed by atoms with van der Waals surface area (Å²) in [5.74, 6) is 0. The zero-order valence-corrected chi connectivity index (χ0v) is 12.0. The molecule has 4 heteroatoms. The predicted molar refractivity (Wildman–Crippen MR) is 73.7 cm³/mol. The van der Waals surface area contributed by atoms with Crippen LogP contribution in [0.1, 0.15) is 31.1 Å². The summed E-state index contributed by atoms with van der Waals surface area (Å²) in [4.78, 5) is 1.38. The molecule has 1 saturated carbocycles. The number of halogens is 1. The Morgan fingerprint density at radius 1 is 1.69 bits per heavy atom. The van der Waals surface area contributed by atoms with Crippen LogP contribution in [0.4, 0.5) is 0 Å². The van der Waals surface area contributed by atoms with Crippen LogP contribution in [0.2, 0.25) is 0 Å². The Bertz CT molecular complexity index is 353. The number of hydrogen-bond donors (Lipinski definition) is 2. The van der Waals surface area contributed by atoms with Crippen LogP contribution in [0, 0.1) is 5.41 Å². The zero-order chi connectivity index (χ0) is 11.6. The number of hydrogen-bond acceptors (Lipinski definition) is 3. The van der Waals surface area contributed by atoms with Crippen LogP contribution < -0.4 is 11.1 Å². The van der Waals surface area contributed by atoms with Gasteiger partial charge in [-0.2, -0.15) is 0 Å². The summed E-state index contributed by atoms with van der Waals surface area (Å²) in [6.45, 7) is 4.30. The molecule has 0 bridgehead atoms. The first-order chi connectivity index (χ1) is 7.60. The van der Waals surface area contributed by atoms with Crippen molar-refractivity contribution >= 4 is 27.3 Å². The fraction of sp³-hybridized carbons (Fsp3) is 0.667. The Hall–Kier alpha value is 0.1000. The molecule has 1 fully saturated rings. The Morgan fingerprint density at radius 2 is 2.50 bits per heavy atom. The minimum Gasteiger partial charge on any atom is -0.327 e. The van der Waals surface area contributed by atoms with Gasteiger partial charge in [-0.25, -0.2) is 0 Å². The molecule has 1 aromatic rings. The van der Waals surface area contributed by atoms with Crippen molar-refractivity contribution < 1.29 is 0 Å². The second kappa shape index (κ2) is 5.17. The number of nitrogens with one attached hydrogen (secondary N) is 1. The van der Waals surface area contributed by atoms with Gasteiger partial charge in [0.1, 0.15) is 0 Å². The van der Waals surface area contributed by atoms with E-state index in [1.807, 2.05) is 0 Å². The molecular formula is C12H19BrN2S. The number of thiophene rings is 1. The molecule has 3 N–H and O–H groups in total. The van der Waals surface area contributed by atoms with E-state index in [9.17, 15) is 0 Å². The van der Waals surface area contributed by atoms with Crippen LogP contribution >= 0.6 is 27.3 Å². The molecule has 1 aliphatic carbocycles. The van der Waals surface area contributed by atoms with Gasteiger partial charge in [0.2, 0.25) is 0 Å². The van der Waals surface area contributed by atoms with Crippen molar-refractivity contribution in [1.29, 1.82) is 0 Å². The maximum absolute atomic E-state index is 6.15. The Balaban J connectivity index is 1.79. The SMILES string of the molecule is CC1(CNCc2cc(Br)cs2)CCCC1N. The highest BCUT2D eigenvalue weighted by Crippen LogP contribution is 2.36. The van der Waals surface area contributed by atoms with Crippen LogP contribution in [-0.2, 0) is 6.54 Å². The number of rotatable bonds is 4. The van der Waals surface area contributed by atoms with Crippen LogP contribution in [0.25, 0.3) is 0 Å². The smallest absolute Gasteiger partial charge is 0.0300 e. The van der Waals surface area contributed by atoms with Gasteiger partial charge in [-0.15, -0.1) is 11.3 Å². The minimum absolute atomic E-state index is 0.300. The van der Waals surface area contributed by atoms with Crippen LogP contribution in [-0.4, -0.2) is 12.6 Å². The van der Waals surface area contributed by atoms with Crippen LogP contribution in [0.5, 0.6) is 0 Å². The van der Waals surface area contributed by atoms with E-state index < -0.39 is 0 Å². The third-order valence-electron chi connectivity index (χ3n) is 3.61. The molecule has 2 atom stereocenters. The van der Waals surface area contributed by atoms with Gasteiger partial charge in [0, 0.05) is 33.9 Å². The van der Waals surface area contributed by atoms with E-state index in [1.54, 1.807) is 11.3 Å². The van der Waals surface area contributed by atoms with Crippen LogP contribution in [0.15, 0.2) is 15.9 Å². The van der Waals surface area contributed by atoms with E-state index in [0.29, 0.717) is 11.5 Å². The largest absolute Gasteiger partial charge is 0.327 e. The van der Waals surface area contributed by atoms with Crippen LogP contribution in [0.3, 0.4) is 0 Å². The lowest BCUT2D eigenvalue weighted by Crippen LogP contribution is -2.42. The van der Waals surface area contributed by atoms with Crippen molar-refractivity contribution in [3.05, 3.63) is 20.8 Å². The monoisotopic (exact) mass is 302 g/mol. The Labute approximate surface area is 110 Å². The van der Waals surface area contributed by atoms with Gasteiger partial charge in [0.15, 0.2) is 0 Å². The lowest BCUT2D eigenvalue weighted by atomic mass is 9.85. The summed E-state index contributed by atoms with van der Waals surface area (Å²) in [5.41, 5.74) is 6.45. The van der Waals surface area contributed by atoms with Gasteiger partial charge in [0.05, 0.1) is 0 Å². The van der Waals surface area contributed by atoms with Gasteiger partial charge < -0.3 is 11.1 Å². The van der Waals surface area contributed by atoms with Crippen molar-refractivity contribution in [3.8, 4) is 0 Å². The fourth-order valence-electron chi connectivity index (χ4n) is 2.40. The van der Waals surface area contributed by atoms with E-state index in [0.717, 1.165) is 13.1 Å². The van der Waals surface area contributed by atoms with Crippen molar-refractivity contribution in [2.75, 3.05) is 6.54 Å². The first-order valence-electron chi connectivity index (χ1n) is 5.79. The van der Waals surface area contributed by atoms with Gasteiger partial charge in [-0.1, -0.05) is 13.3 Å². The third-order valence-corrected chi connectivity index (χ3v) is 5.31. The van der Waals surface area contributed by atoms with Gasteiger partial charge in [-0.3, -0.25) is 0 Å². The number of nitrogens with two attached hydrogens (primary N) is 1. The van der Waals surface area contributed by atoms with E-state index >= 15 is 0 Å². The molecule has 0 radical (unpaired) electrons. The van der Waals surface area contributed by atoms with Gasteiger partial charge in [-0.05, 0) is 40.3 Å². The second-order valence-corrected chi connectivity index (χ2v) is 6.90. The molecule has 2 nitrogen and oxygen atoms in total. The molecule has 1 aromatic heterocycles. The molecule has 2 unspecified atom stereocenters. The molecule has 1 heterocycles. The molecule has 0 saturated heterocycles. The average Bonchev–Trinajstić information content (AvgIpc) is 2.76. The summed E-state index contributed by atoms with van der Waals surface area (Å²) >= 11 is 5.26. The molecule has 0 amide bonds. The lowest BCUT2D eigenvalue weighted by Gasteiger charge is -2.29. The maximum Gasteiger partial charge on any atom is 0.0300 e. The second-order valence-electron chi connectivity index (χ2n) is 4.99. The fourth-order valence-corrected chi connectivity index (χ4v) is 3.82. The molecule has 1 aliphatic rings. The average molecular weight is 303 g/mol. The molecule has 90 valence electrons. The molecule has 0 spiro atoms. The molecule has 2 rings (SSSR count). The predicted octanol–water partition coefficient (Wildman–Crippen LogP) is 3.12. The highest BCUT2D eigenvalue weighted by atomic mass is 79.9. The highest BCUT2D eigenvalue weighted by Gasteiger charge is 2.35. The van der Waals surface area contributed by atoms with Gasteiger partial charge >= 0.3 is 0 Å². The molecule has 0 aliphatic heterocycles. The summed E-state index contributed by atoms with van der Waals surface area (Å²) < 4.78 is 1.18. The standard InChI is InChI=1S/C12H19BrN2S/c1-12(4-2-3-11(12)14)8-15-6-10-5-9(13)7-16-10/h5,7,11,15H,2-4,6,8,14H2,1H3. The van der Waals surface area contributed by atoms with Crippen molar-refractivity contribution in [1.82, 2.24) is 5.32 Å². The maximum atomic E-state index is 6.15. The summed E-state index contributed by atoms with van der Waals surface area (Å²) in [5, 5.41) is 5.66. The summed E-state index contributed by atoms with van der Waals surface area (Å²) in [6, 6.07) is 2.55. The first kappa shape index (κ1) is 12.6. The Kier molecular flexibility index (Phi) is 4.06. The topological polar surface area (TPSA) is 38.0 Å². The molecule has 16 heavy (non-hydrogen) atoms. The van der Waals surface area contributed by atoms with Gasteiger partial charge in [0.25, 0.3) is 0 Å². The Morgan fingerprint density at radius 3 is 3.06 bits per heavy atom. The van der Waals surface area contributed by atoms with E-state index in [-0.39, 0.29) is 0 Å². The lowest BCUT2D eigenvalue weighted by molar-refractivity contribution is 0.277. The summed E-state index contributed by atoms with van der Waals surface area (Å²) in [6.07, 6.45) is 3.72. The molecule has 0 aromatic carbocycles. The molecular weight excluding hydrogens is 284 g/mol. The summed E-state index contributed by atoms with van der Waals surface area (Å²) in [7, 11) is 0. The van der Waals surface area contributed by atoms with Crippen molar-refractivity contribution in [2.24, 2.45) is 11.1 Å². The first-order valence-corrected chi connectivity index (χ1v) is 7.47. The minimum atomic E-state index is 0.300. The quantitative estimate of drug-likeness (QED) is 0.897.